The second-order valence-corrected chi connectivity index (χ2v) is 5.22. The van der Waals surface area contributed by atoms with Crippen molar-refractivity contribution >= 4 is 17.6 Å². The quantitative estimate of drug-likeness (QED) is 0.455. The lowest BCUT2D eigenvalue weighted by atomic mass is 9.84. The molecular formula is C20H19NOS. The molecule has 2 aromatic rings. The zero-order chi connectivity index (χ0) is 16.7. The van der Waals surface area contributed by atoms with Gasteiger partial charge in [-0.2, -0.15) is 5.90 Å². The fraction of sp³-hybridized carbons (Fsp3) is 0.0500. The first-order valence-electron chi connectivity index (χ1n) is 7.21. The van der Waals surface area contributed by atoms with E-state index < -0.39 is 0 Å². The largest absolute Gasteiger partial charge is 0.411 e. The van der Waals surface area contributed by atoms with Gasteiger partial charge in [-0.05, 0) is 28.8 Å². The molecule has 0 radical (unpaired) electrons. The lowest BCUT2D eigenvalue weighted by molar-refractivity contribution is 0.334. The van der Waals surface area contributed by atoms with Gasteiger partial charge in [-0.25, -0.2) is 0 Å². The van der Waals surface area contributed by atoms with Crippen LogP contribution in [-0.4, -0.2) is 5.37 Å². The average molecular weight is 321 g/mol. The lowest BCUT2D eigenvalue weighted by Gasteiger charge is -2.20. The molecule has 0 spiro atoms. The molecule has 0 aliphatic heterocycles. The van der Waals surface area contributed by atoms with Crippen LogP contribution in [0.25, 0.3) is 0 Å². The molecule has 0 saturated heterocycles. The molecule has 23 heavy (non-hydrogen) atoms. The first-order valence-corrected chi connectivity index (χ1v) is 7.68. The molecule has 0 saturated carbocycles. The van der Waals surface area contributed by atoms with Gasteiger partial charge in [0.1, 0.15) is 0 Å². The van der Waals surface area contributed by atoms with Crippen LogP contribution in [0.15, 0.2) is 85.5 Å². The Morgan fingerprint density at radius 3 is 2.39 bits per heavy atom. The summed E-state index contributed by atoms with van der Waals surface area (Å²) in [7, 11) is 0. The minimum absolute atomic E-state index is 0.0345. The molecule has 0 bridgehead atoms. The number of thiocarbonyl (C=S) groups is 1. The topological polar surface area (TPSA) is 35.2 Å². The van der Waals surface area contributed by atoms with Gasteiger partial charge in [0.15, 0.2) is 5.75 Å². The minimum Gasteiger partial charge on any atom is -0.411 e. The van der Waals surface area contributed by atoms with Crippen molar-refractivity contribution in [2.75, 3.05) is 0 Å². The molecule has 0 aliphatic rings. The van der Waals surface area contributed by atoms with Crippen molar-refractivity contribution in [1.82, 2.24) is 0 Å². The molecule has 0 aliphatic carbocycles. The van der Waals surface area contributed by atoms with Gasteiger partial charge < -0.3 is 4.84 Å². The molecule has 0 aromatic heterocycles. The number of benzene rings is 2. The van der Waals surface area contributed by atoms with E-state index in [-0.39, 0.29) is 5.92 Å². The van der Waals surface area contributed by atoms with E-state index in [0.29, 0.717) is 5.75 Å². The number of nitrogens with two attached hydrogens (primary N) is 1. The van der Waals surface area contributed by atoms with Crippen LogP contribution in [0.3, 0.4) is 0 Å². The average Bonchev–Trinajstić information content (AvgIpc) is 2.61. The van der Waals surface area contributed by atoms with Gasteiger partial charge in [-0.15, -0.1) is 0 Å². The zero-order valence-electron chi connectivity index (χ0n) is 12.8. The van der Waals surface area contributed by atoms with E-state index in [1.807, 2.05) is 48.6 Å². The van der Waals surface area contributed by atoms with Crippen molar-refractivity contribution in [3.05, 3.63) is 102 Å². The minimum atomic E-state index is 0.0345. The molecule has 116 valence electrons. The van der Waals surface area contributed by atoms with Gasteiger partial charge in [-0.3, -0.25) is 0 Å². The Hall–Kier alpha value is -2.49. The highest BCUT2D eigenvalue weighted by Crippen LogP contribution is 2.34. The van der Waals surface area contributed by atoms with E-state index in [2.05, 4.69) is 25.3 Å². The summed E-state index contributed by atoms with van der Waals surface area (Å²) in [5.74, 6) is 5.88. The second kappa shape index (κ2) is 8.22. The Bertz CT molecular complexity index is 735. The summed E-state index contributed by atoms with van der Waals surface area (Å²) < 4.78 is 0. The maximum absolute atomic E-state index is 5.29. The van der Waals surface area contributed by atoms with Crippen LogP contribution in [0, 0.1) is 0 Å². The van der Waals surface area contributed by atoms with Crippen LogP contribution < -0.4 is 10.7 Å². The SMILES string of the molecule is C=C/C=C(\C=C)C(c1ccccc1)c1ccc(ON)c(C=S)c1. The summed E-state index contributed by atoms with van der Waals surface area (Å²) in [6, 6.07) is 16.0. The normalized spacial score (nSPS) is 12.3. The molecular weight excluding hydrogens is 302 g/mol. The fourth-order valence-corrected chi connectivity index (χ4v) is 2.77. The van der Waals surface area contributed by atoms with Gasteiger partial charge in [0.05, 0.1) is 0 Å². The van der Waals surface area contributed by atoms with Crippen LogP contribution in [0.2, 0.25) is 0 Å². The van der Waals surface area contributed by atoms with E-state index in [0.717, 1.165) is 22.3 Å². The van der Waals surface area contributed by atoms with Crippen molar-refractivity contribution in [2.24, 2.45) is 5.90 Å². The van der Waals surface area contributed by atoms with E-state index >= 15 is 0 Å². The first kappa shape index (κ1) is 16.9. The summed E-state index contributed by atoms with van der Waals surface area (Å²) in [5, 5.41) is 1.57. The third kappa shape index (κ3) is 3.83. The third-order valence-electron chi connectivity index (χ3n) is 3.63. The first-order chi connectivity index (χ1) is 11.2. The summed E-state index contributed by atoms with van der Waals surface area (Å²) >= 11 is 5.07. The van der Waals surface area contributed by atoms with Gasteiger partial charge in [-0.1, -0.05) is 80.0 Å². The molecule has 1 atom stereocenters. The Kier molecular flexibility index (Phi) is 6.03. The Balaban J connectivity index is 2.62. The van der Waals surface area contributed by atoms with Gasteiger partial charge >= 0.3 is 0 Å². The molecule has 0 fully saturated rings. The van der Waals surface area contributed by atoms with Crippen LogP contribution >= 0.6 is 12.2 Å². The van der Waals surface area contributed by atoms with E-state index in [4.69, 9.17) is 23.0 Å². The summed E-state index contributed by atoms with van der Waals surface area (Å²) in [6.45, 7) is 7.73. The standard InChI is InChI=1S/C20H19NOS/c1-3-8-15(4-2)20(16-9-6-5-7-10-16)17-11-12-19(22-21)18(13-17)14-23/h3-14,20H,1-2,21H2/b15-8+. The Labute approximate surface area is 142 Å². The molecule has 2 aromatic carbocycles. The van der Waals surface area contributed by atoms with E-state index in [1.165, 1.54) is 0 Å². The summed E-state index contributed by atoms with van der Waals surface area (Å²) in [5.41, 5.74) is 4.09. The van der Waals surface area contributed by atoms with Crippen molar-refractivity contribution in [1.29, 1.82) is 0 Å². The highest BCUT2D eigenvalue weighted by Gasteiger charge is 2.18. The van der Waals surface area contributed by atoms with Crippen molar-refractivity contribution in [2.45, 2.75) is 5.92 Å². The highest BCUT2D eigenvalue weighted by molar-refractivity contribution is 7.79. The van der Waals surface area contributed by atoms with Gasteiger partial charge in [0.2, 0.25) is 0 Å². The highest BCUT2D eigenvalue weighted by atomic mass is 32.1. The molecule has 1 unspecified atom stereocenters. The number of hydrogen-bond donors (Lipinski definition) is 1. The molecule has 2 rings (SSSR count). The fourth-order valence-electron chi connectivity index (χ4n) is 2.59. The maximum Gasteiger partial charge on any atom is 0.154 e. The molecule has 3 heteroatoms. The van der Waals surface area contributed by atoms with Crippen LogP contribution in [0.4, 0.5) is 0 Å². The molecule has 0 amide bonds. The monoisotopic (exact) mass is 321 g/mol. The summed E-state index contributed by atoms with van der Waals surface area (Å²) in [6.07, 6.45) is 5.59. The van der Waals surface area contributed by atoms with Crippen molar-refractivity contribution in [3.63, 3.8) is 0 Å². The Morgan fingerprint density at radius 2 is 1.83 bits per heavy atom. The Morgan fingerprint density at radius 1 is 1.09 bits per heavy atom. The summed E-state index contributed by atoms with van der Waals surface area (Å²) in [4.78, 5) is 4.86. The van der Waals surface area contributed by atoms with Crippen molar-refractivity contribution in [3.8, 4) is 5.75 Å². The number of rotatable bonds is 7. The van der Waals surface area contributed by atoms with Gasteiger partial charge in [0.25, 0.3) is 0 Å². The van der Waals surface area contributed by atoms with Gasteiger partial charge in [0, 0.05) is 16.8 Å². The predicted molar refractivity (Wildman–Crippen MR) is 101 cm³/mol. The number of hydrogen-bond acceptors (Lipinski definition) is 3. The second-order valence-electron chi connectivity index (χ2n) is 4.98. The lowest BCUT2D eigenvalue weighted by Crippen LogP contribution is -2.07. The smallest absolute Gasteiger partial charge is 0.154 e. The zero-order valence-corrected chi connectivity index (χ0v) is 13.6. The van der Waals surface area contributed by atoms with Crippen LogP contribution in [0.5, 0.6) is 5.75 Å². The maximum atomic E-state index is 5.29. The third-order valence-corrected chi connectivity index (χ3v) is 3.89. The predicted octanol–water partition coefficient (Wildman–Crippen LogP) is 4.72. The van der Waals surface area contributed by atoms with Crippen LogP contribution in [-0.2, 0) is 0 Å². The van der Waals surface area contributed by atoms with Crippen molar-refractivity contribution < 1.29 is 4.84 Å². The molecule has 0 heterocycles. The van der Waals surface area contributed by atoms with E-state index in [9.17, 15) is 0 Å². The van der Waals surface area contributed by atoms with Crippen LogP contribution in [0.1, 0.15) is 22.6 Å². The molecule has 2 nitrogen and oxygen atoms in total. The number of allylic oxidation sites excluding steroid dienone is 4. The van der Waals surface area contributed by atoms with E-state index in [1.54, 1.807) is 11.4 Å². The molecule has 2 N–H and O–H groups in total.